The van der Waals surface area contributed by atoms with Gasteiger partial charge in [0.05, 0.1) is 22.8 Å². The maximum absolute atomic E-state index is 14.1. The number of hydrogen-bond acceptors (Lipinski definition) is 5. The standard InChI is InChI=1S/C26H22BrF2N3OS2/c1-15-24(16-2-4-18(27)5-3-16)31-25(35-15)17-8-10-32(11-9-17)23(33)13-20-14-34-26(30-20)21-7-6-19(28)12-22(21)29/h2-7,12,14,17H,8-11,13H2,1H3. The topological polar surface area (TPSA) is 46.1 Å². The first-order chi connectivity index (χ1) is 16.9. The van der Waals surface area contributed by atoms with E-state index in [9.17, 15) is 13.6 Å². The van der Waals surface area contributed by atoms with Gasteiger partial charge in [-0.05, 0) is 44.0 Å². The van der Waals surface area contributed by atoms with Crippen LogP contribution in [0, 0.1) is 18.6 Å². The summed E-state index contributed by atoms with van der Waals surface area (Å²) in [6.45, 7) is 3.47. The van der Waals surface area contributed by atoms with E-state index < -0.39 is 11.6 Å². The van der Waals surface area contributed by atoms with Gasteiger partial charge in [0.1, 0.15) is 16.6 Å². The summed E-state index contributed by atoms with van der Waals surface area (Å²) in [7, 11) is 0. The van der Waals surface area contributed by atoms with Crippen molar-refractivity contribution in [2.75, 3.05) is 13.1 Å². The lowest BCUT2D eigenvalue weighted by molar-refractivity contribution is -0.131. The third kappa shape index (κ3) is 5.37. The van der Waals surface area contributed by atoms with E-state index in [0.29, 0.717) is 29.7 Å². The van der Waals surface area contributed by atoms with Gasteiger partial charge < -0.3 is 4.90 Å². The summed E-state index contributed by atoms with van der Waals surface area (Å²) < 4.78 is 28.3. The summed E-state index contributed by atoms with van der Waals surface area (Å²) in [4.78, 5) is 25.3. The first-order valence-electron chi connectivity index (χ1n) is 11.3. The molecule has 3 heterocycles. The number of amides is 1. The SMILES string of the molecule is Cc1sc(C2CCN(C(=O)Cc3csc(-c4ccc(F)cc4F)n3)CC2)nc1-c1ccc(Br)cc1. The first kappa shape index (κ1) is 24.2. The zero-order valence-electron chi connectivity index (χ0n) is 18.9. The lowest BCUT2D eigenvalue weighted by Crippen LogP contribution is -2.38. The van der Waals surface area contributed by atoms with Crippen LogP contribution in [-0.4, -0.2) is 33.9 Å². The minimum Gasteiger partial charge on any atom is -0.342 e. The molecule has 1 fully saturated rings. The van der Waals surface area contributed by atoms with Gasteiger partial charge in [0.25, 0.3) is 0 Å². The van der Waals surface area contributed by atoms with Crippen LogP contribution in [0.5, 0.6) is 0 Å². The van der Waals surface area contributed by atoms with Crippen LogP contribution in [-0.2, 0) is 11.2 Å². The summed E-state index contributed by atoms with van der Waals surface area (Å²) in [5.74, 6) is -0.913. The first-order valence-corrected chi connectivity index (χ1v) is 13.8. The van der Waals surface area contributed by atoms with E-state index in [1.165, 1.54) is 28.3 Å². The van der Waals surface area contributed by atoms with Gasteiger partial charge in [0.2, 0.25) is 5.91 Å². The number of piperidine rings is 1. The number of aryl methyl sites for hydroxylation is 1. The highest BCUT2D eigenvalue weighted by molar-refractivity contribution is 9.10. The van der Waals surface area contributed by atoms with E-state index in [4.69, 9.17) is 4.98 Å². The van der Waals surface area contributed by atoms with Gasteiger partial charge in [-0.2, -0.15) is 0 Å². The molecule has 0 spiro atoms. The number of hydrogen-bond donors (Lipinski definition) is 0. The molecule has 4 aromatic rings. The van der Waals surface area contributed by atoms with Crippen molar-refractivity contribution in [3.63, 3.8) is 0 Å². The molecule has 0 radical (unpaired) electrons. The summed E-state index contributed by atoms with van der Waals surface area (Å²) in [5.41, 5.74) is 3.00. The Morgan fingerprint density at radius 2 is 1.86 bits per heavy atom. The molecule has 0 unspecified atom stereocenters. The summed E-state index contributed by atoms with van der Waals surface area (Å²) >= 11 is 6.48. The Morgan fingerprint density at radius 3 is 2.57 bits per heavy atom. The predicted octanol–water partition coefficient (Wildman–Crippen LogP) is 7.23. The molecule has 180 valence electrons. The van der Waals surface area contributed by atoms with E-state index in [1.807, 2.05) is 17.0 Å². The normalized spacial score (nSPS) is 14.5. The second kappa shape index (κ2) is 10.2. The third-order valence-corrected chi connectivity index (χ3v) is 8.76. The van der Waals surface area contributed by atoms with Crippen LogP contribution in [0.15, 0.2) is 52.3 Å². The van der Waals surface area contributed by atoms with Gasteiger partial charge in [-0.3, -0.25) is 4.79 Å². The molecule has 35 heavy (non-hydrogen) atoms. The van der Waals surface area contributed by atoms with Gasteiger partial charge in [-0.1, -0.05) is 28.1 Å². The van der Waals surface area contributed by atoms with Crippen LogP contribution < -0.4 is 0 Å². The zero-order chi connectivity index (χ0) is 24.5. The molecule has 1 amide bonds. The maximum Gasteiger partial charge on any atom is 0.228 e. The number of aromatic nitrogens is 2. The van der Waals surface area contributed by atoms with Crippen LogP contribution in [0.2, 0.25) is 0 Å². The number of halogens is 3. The van der Waals surface area contributed by atoms with Gasteiger partial charge in [0, 0.05) is 50.9 Å². The highest BCUT2D eigenvalue weighted by atomic mass is 79.9. The Morgan fingerprint density at radius 1 is 1.11 bits per heavy atom. The number of rotatable bonds is 5. The fourth-order valence-electron chi connectivity index (χ4n) is 4.28. The second-order valence-electron chi connectivity index (χ2n) is 8.56. The number of benzene rings is 2. The molecule has 0 aliphatic carbocycles. The molecule has 1 aliphatic rings. The number of likely N-dealkylation sites (tertiary alicyclic amines) is 1. The van der Waals surface area contributed by atoms with Crippen LogP contribution in [0.4, 0.5) is 8.78 Å². The molecule has 2 aromatic carbocycles. The predicted molar refractivity (Wildman–Crippen MR) is 140 cm³/mol. The van der Waals surface area contributed by atoms with Crippen LogP contribution in [0.3, 0.4) is 0 Å². The second-order valence-corrected chi connectivity index (χ2v) is 11.6. The third-order valence-electron chi connectivity index (χ3n) is 6.17. The molecule has 9 heteroatoms. The molecule has 0 saturated carbocycles. The van der Waals surface area contributed by atoms with E-state index >= 15 is 0 Å². The molecule has 0 N–H and O–H groups in total. The summed E-state index contributed by atoms with van der Waals surface area (Å²) in [6.07, 6.45) is 1.93. The Labute approximate surface area is 218 Å². The van der Waals surface area contributed by atoms with Gasteiger partial charge in [0.15, 0.2) is 0 Å². The number of carbonyl (C=O) groups excluding carboxylic acids is 1. The largest absolute Gasteiger partial charge is 0.342 e. The van der Waals surface area contributed by atoms with Gasteiger partial charge in [-0.15, -0.1) is 22.7 Å². The minimum atomic E-state index is -0.653. The molecule has 0 atom stereocenters. The van der Waals surface area contributed by atoms with Crippen molar-refractivity contribution in [3.05, 3.63) is 79.5 Å². The van der Waals surface area contributed by atoms with E-state index in [2.05, 4.69) is 40.0 Å². The quantitative estimate of drug-likeness (QED) is 0.253. The monoisotopic (exact) mass is 573 g/mol. The maximum atomic E-state index is 14.1. The Hall–Kier alpha value is -2.49. The number of carbonyl (C=O) groups is 1. The fourth-order valence-corrected chi connectivity index (χ4v) is 6.51. The van der Waals surface area contributed by atoms with Crippen molar-refractivity contribution >= 4 is 44.5 Å². The van der Waals surface area contributed by atoms with Crippen LogP contribution >= 0.6 is 38.6 Å². The molecule has 4 nitrogen and oxygen atoms in total. The average molecular weight is 575 g/mol. The van der Waals surface area contributed by atoms with E-state index in [-0.39, 0.29) is 17.9 Å². The van der Waals surface area contributed by atoms with Crippen molar-refractivity contribution in [3.8, 4) is 21.8 Å². The van der Waals surface area contributed by atoms with Crippen molar-refractivity contribution in [1.82, 2.24) is 14.9 Å². The molecule has 1 saturated heterocycles. The van der Waals surface area contributed by atoms with Crippen molar-refractivity contribution in [1.29, 1.82) is 0 Å². The fraction of sp³-hybridized carbons (Fsp3) is 0.269. The van der Waals surface area contributed by atoms with Gasteiger partial charge >= 0.3 is 0 Å². The number of nitrogens with zero attached hydrogens (tertiary/aromatic N) is 3. The molecule has 2 aromatic heterocycles. The van der Waals surface area contributed by atoms with E-state index in [1.54, 1.807) is 16.7 Å². The van der Waals surface area contributed by atoms with Crippen LogP contribution in [0.25, 0.3) is 21.8 Å². The Balaban J connectivity index is 1.20. The zero-order valence-corrected chi connectivity index (χ0v) is 22.2. The summed E-state index contributed by atoms with van der Waals surface area (Å²) in [6, 6.07) is 11.6. The van der Waals surface area contributed by atoms with Crippen LogP contribution in [0.1, 0.15) is 34.3 Å². The highest BCUT2D eigenvalue weighted by Crippen LogP contribution is 2.36. The number of thiazole rings is 2. The molecule has 0 bridgehead atoms. The van der Waals surface area contributed by atoms with E-state index in [0.717, 1.165) is 39.6 Å². The average Bonchev–Trinajstić information content (AvgIpc) is 3.46. The Bertz CT molecular complexity index is 1360. The minimum absolute atomic E-state index is 0.0192. The highest BCUT2D eigenvalue weighted by Gasteiger charge is 2.27. The lowest BCUT2D eigenvalue weighted by atomic mass is 9.97. The Kier molecular flexibility index (Phi) is 7.09. The van der Waals surface area contributed by atoms with Crippen molar-refractivity contribution in [2.24, 2.45) is 0 Å². The van der Waals surface area contributed by atoms with Crippen molar-refractivity contribution < 1.29 is 13.6 Å². The van der Waals surface area contributed by atoms with Gasteiger partial charge in [-0.25, -0.2) is 18.7 Å². The summed E-state index contributed by atoms with van der Waals surface area (Å²) in [5, 5.41) is 3.35. The molecular formula is C26H22BrF2N3OS2. The molecule has 5 rings (SSSR count). The van der Waals surface area contributed by atoms with Crippen molar-refractivity contribution in [2.45, 2.75) is 32.1 Å². The lowest BCUT2D eigenvalue weighted by Gasteiger charge is -2.31. The smallest absolute Gasteiger partial charge is 0.228 e. The molecular weight excluding hydrogens is 552 g/mol. The molecule has 1 aliphatic heterocycles.